The Morgan fingerprint density at radius 2 is 1.85 bits per heavy atom. The van der Waals surface area contributed by atoms with Gasteiger partial charge in [0.15, 0.2) is 0 Å². The second-order valence-corrected chi connectivity index (χ2v) is 4.69. The Morgan fingerprint density at radius 1 is 1.20 bits per heavy atom. The van der Waals surface area contributed by atoms with Gasteiger partial charge in [0.1, 0.15) is 18.2 Å². The van der Waals surface area contributed by atoms with Crippen molar-refractivity contribution in [2.45, 2.75) is 20.5 Å². The molecule has 3 nitrogen and oxygen atoms in total. The van der Waals surface area contributed by atoms with Crippen LogP contribution in [0, 0.1) is 31.0 Å². The van der Waals surface area contributed by atoms with Gasteiger partial charge in [-0.15, -0.1) is 0 Å². The van der Waals surface area contributed by atoms with Crippen molar-refractivity contribution in [3.05, 3.63) is 58.4 Å². The lowest BCUT2D eigenvalue weighted by atomic mass is 10.1. The summed E-state index contributed by atoms with van der Waals surface area (Å²) < 4.78 is 19.0. The number of ether oxygens (including phenoxy) is 1. The highest BCUT2D eigenvalue weighted by molar-refractivity contribution is 5.52. The summed E-state index contributed by atoms with van der Waals surface area (Å²) in [5.41, 5.74) is 9.20. The molecule has 0 aromatic heterocycles. The van der Waals surface area contributed by atoms with E-state index in [1.807, 2.05) is 32.0 Å². The summed E-state index contributed by atoms with van der Waals surface area (Å²) in [5.74, 6) is 0.334. The van der Waals surface area contributed by atoms with E-state index < -0.39 is 0 Å². The van der Waals surface area contributed by atoms with Gasteiger partial charge in [-0.25, -0.2) is 4.39 Å². The van der Waals surface area contributed by atoms with Gasteiger partial charge in [0.25, 0.3) is 0 Å². The first-order chi connectivity index (χ1) is 9.51. The van der Waals surface area contributed by atoms with Crippen molar-refractivity contribution in [3.8, 4) is 11.8 Å². The molecule has 0 fully saturated rings. The van der Waals surface area contributed by atoms with E-state index in [0.717, 1.165) is 11.1 Å². The number of nitriles is 1. The minimum absolute atomic E-state index is 0.145. The third kappa shape index (κ3) is 2.89. The van der Waals surface area contributed by atoms with Crippen molar-refractivity contribution < 1.29 is 9.13 Å². The first kappa shape index (κ1) is 13.9. The largest absolute Gasteiger partial charge is 0.488 e. The monoisotopic (exact) mass is 270 g/mol. The second-order valence-electron chi connectivity index (χ2n) is 4.69. The van der Waals surface area contributed by atoms with Crippen LogP contribution in [0.5, 0.6) is 5.75 Å². The third-order valence-corrected chi connectivity index (χ3v) is 3.04. The van der Waals surface area contributed by atoms with E-state index >= 15 is 0 Å². The maximum atomic E-state index is 13.2. The molecule has 0 amide bonds. The molecular formula is C16H15FN2O. The number of benzene rings is 2. The molecule has 2 aromatic carbocycles. The van der Waals surface area contributed by atoms with Crippen LogP contribution in [-0.4, -0.2) is 0 Å². The smallest absolute Gasteiger partial charge is 0.125 e. The average molecular weight is 270 g/mol. The Balaban J connectivity index is 2.26. The molecule has 0 aliphatic rings. The van der Waals surface area contributed by atoms with Crippen molar-refractivity contribution >= 4 is 5.69 Å². The fourth-order valence-corrected chi connectivity index (χ4v) is 2.15. The first-order valence-corrected chi connectivity index (χ1v) is 6.19. The summed E-state index contributed by atoms with van der Waals surface area (Å²) in [6.45, 7) is 3.94. The van der Waals surface area contributed by atoms with Gasteiger partial charge in [0.2, 0.25) is 0 Å². The molecule has 2 N–H and O–H groups in total. The molecular weight excluding hydrogens is 255 g/mol. The predicted octanol–water partition coefficient (Wildman–Crippen LogP) is 3.48. The summed E-state index contributed by atoms with van der Waals surface area (Å²) in [6, 6.07) is 9.71. The number of rotatable bonds is 3. The molecule has 0 atom stereocenters. The van der Waals surface area contributed by atoms with Crippen LogP contribution in [0.2, 0.25) is 0 Å². The fraction of sp³-hybridized carbons (Fsp3) is 0.188. The van der Waals surface area contributed by atoms with Crippen LogP contribution in [0.4, 0.5) is 10.1 Å². The molecule has 0 bridgehead atoms. The molecule has 0 spiro atoms. The highest BCUT2D eigenvalue weighted by atomic mass is 19.1. The topological polar surface area (TPSA) is 59.0 Å². The lowest BCUT2D eigenvalue weighted by molar-refractivity contribution is 0.301. The number of anilines is 1. The van der Waals surface area contributed by atoms with E-state index in [1.165, 1.54) is 18.2 Å². The summed E-state index contributed by atoms with van der Waals surface area (Å²) in [5, 5.41) is 9.01. The van der Waals surface area contributed by atoms with Crippen LogP contribution in [0.1, 0.15) is 22.3 Å². The van der Waals surface area contributed by atoms with Gasteiger partial charge in [-0.1, -0.05) is 0 Å². The summed E-state index contributed by atoms with van der Waals surface area (Å²) in [4.78, 5) is 0. The lowest BCUT2D eigenvalue weighted by Crippen LogP contribution is -2.02. The zero-order chi connectivity index (χ0) is 14.7. The lowest BCUT2D eigenvalue weighted by Gasteiger charge is -2.13. The van der Waals surface area contributed by atoms with Gasteiger partial charge < -0.3 is 10.5 Å². The summed E-state index contributed by atoms with van der Waals surface area (Å²) in [7, 11) is 0. The summed E-state index contributed by atoms with van der Waals surface area (Å²) in [6.07, 6.45) is 0. The van der Waals surface area contributed by atoms with E-state index in [2.05, 4.69) is 0 Å². The van der Waals surface area contributed by atoms with E-state index in [4.69, 9.17) is 15.7 Å². The van der Waals surface area contributed by atoms with Crippen molar-refractivity contribution in [2.75, 3.05) is 5.73 Å². The Bertz CT molecular complexity index is 666. The van der Waals surface area contributed by atoms with E-state index in [1.54, 1.807) is 0 Å². The third-order valence-electron chi connectivity index (χ3n) is 3.04. The number of nitrogen functional groups attached to an aromatic ring is 1. The van der Waals surface area contributed by atoms with Gasteiger partial charge in [0, 0.05) is 11.3 Å². The molecule has 2 rings (SSSR count). The molecule has 0 saturated carbocycles. The van der Waals surface area contributed by atoms with E-state index in [9.17, 15) is 4.39 Å². The van der Waals surface area contributed by atoms with Crippen LogP contribution in [0.15, 0.2) is 30.3 Å². The average Bonchev–Trinajstić information content (AvgIpc) is 2.37. The molecule has 0 aliphatic heterocycles. The number of halogens is 1. The number of aryl methyl sites for hydroxylation is 2. The minimum atomic E-state index is -0.381. The highest BCUT2D eigenvalue weighted by Gasteiger charge is 2.09. The Kier molecular flexibility index (Phi) is 3.90. The second kappa shape index (κ2) is 5.62. The molecule has 20 heavy (non-hydrogen) atoms. The molecule has 0 aliphatic carbocycles. The quantitative estimate of drug-likeness (QED) is 0.869. The van der Waals surface area contributed by atoms with Crippen LogP contribution < -0.4 is 10.5 Å². The number of nitrogens with two attached hydrogens (primary N) is 1. The van der Waals surface area contributed by atoms with Gasteiger partial charge in [-0.3, -0.25) is 0 Å². The van der Waals surface area contributed by atoms with Crippen molar-refractivity contribution in [2.24, 2.45) is 0 Å². The van der Waals surface area contributed by atoms with E-state index in [-0.39, 0.29) is 12.4 Å². The predicted molar refractivity (Wildman–Crippen MR) is 75.8 cm³/mol. The Labute approximate surface area is 117 Å². The Morgan fingerprint density at radius 3 is 2.45 bits per heavy atom. The molecule has 0 heterocycles. The van der Waals surface area contributed by atoms with Crippen molar-refractivity contribution in [1.82, 2.24) is 0 Å². The molecule has 0 unspecified atom stereocenters. The van der Waals surface area contributed by atoms with E-state index in [0.29, 0.717) is 22.6 Å². The van der Waals surface area contributed by atoms with Crippen LogP contribution in [-0.2, 0) is 6.61 Å². The SMILES string of the molecule is Cc1cc(N)cc(C)c1OCc1cc(F)ccc1C#N. The molecule has 0 radical (unpaired) electrons. The van der Waals surface area contributed by atoms with Gasteiger partial charge >= 0.3 is 0 Å². The van der Waals surface area contributed by atoms with Gasteiger partial charge in [0.05, 0.1) is 11.6 Å². The Hall–Kier alpha value is -2.54. The normalized spacial score (nSPS) is 10.1. The molecule has 2 aromatic rings. The number of hydrogen-bond acceptors (Lipinski definition) is 3. The van der Waals surface area contributed by atoms with Crippen LogP contribution in [0.3, 0.4) is 0 Å². The van der Waals surface area contributed by atoms with Gasteiger partial charge in [-0.2, -0.15) is 5.26 Å². The number of hydrogen-bond donors (Lipinski definition) is 1. The van der Waals surface area contributed by atoms with Crippen LogP contribution in [0.25, 0.3) is 0 Å². The zero-order valence-electron chi connectivity index (χ0n) is 11.4. The zero-order valence-corrected chi connectivity index (χ0v) is 11.4. The maximum absolute atomic E-state index is 13.2. The van der Waals surface area contributed by atoms with Crippen LogP contribution >= 0.6 is 0 Å². The maximum Gasteiger partial charge on any atom is 0.125 e. The van der Waals surface area contributed by atoms with Crippen molar-refractivity contribution in [3.63, 3.8) is 0 Å². The highest BCUT2D eigenvalue weighted by Crippen LogP contribution is 2.27. The molecule has 0 saturated heterocycles. The number of nitrogens with zero attached hydrogens (tertiary/aromatic N) is 1. The molecule has 102 valence electrons. The first-order valence-electron chi connectivity index (χ1n) is 6.19. The standard InChI is InChI=1S/C16H15FN2O/c1-10-5-15(19)6-11(2)16(10)20-9-13-7-14(17)4-3-12(13)8-18/h3-7H,9,19H2,1-2H3. The van der Waals surface area contributed by atoms with Crippen molar-refractivity contribution in [1.29, 1.82) is 5.26 Å². The fourth-order valence-electron chi connectivity index (χ4n) is 2.15. The minimum Gasteiger partial charge on any atom is -0.488 e. The summed E-state index contributed by atoms with van der Waals surface area (Å²) >= 11 is 0. The van der Waals surface area contributed by atoms with Gasteiger partial charge in [-0.05, 0) is 55.3 Å². The molecule has 4 heteroatoms.